The lowest BCUT2D eigenvalue weighted by Crippen LogP contribution is -2.39. The van der Waals surface area contributed by atoms with Crippen LogP contribution in [-0.4, -0.2) is 67.5 Å². The molecule has 0 radical (unpaired) electrons. The van der Waals surface area contributed by atoms with Crippen molar-refractivity contribution in [2.75, 3.05) is 39.0 Å². The van der Waals surface area contributed by atoms with Crippen molar-refractivity contribution in [1.82, 2.24) is 19.5 Å². The van der Waals surface area contributed by atoms with Crippen LogP contribution < -0.4 is 5.32 Å². The maximum Gasteiger partial charge on any atom is 0.215 e. The molecule has 0 amide bonds. The van der Waals surface area contributed by atoms with Crippen molar-refractivity contribution in [3.05, 3.63) is 15.6 Å². The summed E-state index contributed by atoms with van der Waals surface area (Å²) in [6.07, 6.45) is 4.73. The van der Waals surface area contributed by atoms with E-state index in [1.54, 1.807) is 11.3 Å². The zero-order valence-corrected chi connectivity index (χ0v) is 21.4. The lowest BCUT2D eigenvalue weighted by molar-refractivity contribution is 0.445. The number of aliphatic imine (C=N–C) groups is 1. The van der Waals surface area contributed by atoms with Gasteiger partial charge in [0, 0.05) is 31.6 Å². The highest BCUT2D eigenvalue weighted by Gasteiger charge is 2.19. The van der Waals surface area contributed by atoms with Gasteiger partial charge < -0.3 is 10.2 Å². The molecular formula is C18H34IN5O2S2. The molecule has 1 N–H and O–H groups in total. The molecule has 0 saturated carbocycles. The van der Waals surface area contributed by atoms with E-state index in [9.17, 15) is 8.42 Å². The SMILES string of the molecule is CCNC(=NCCS(=O)(=O)N(CC)CC)N(C)Cc1nc2c(s1)CCCC2.I. The van der Waals surface area contributed by atoms with Crippen molar-refractivity contribution in [2.24, 2.45) is 4.99 Å². The van der Waals surface area contributed by atoms with Crippen molar-refractivity contribution in [1.29, 1.82) is 0 Å². The number of thiazole rings is 1. The highest BCUT2D eigenvalue weighted by molar-refractivity contribution is 14.0. The third-order valence-electron chi connectivity index (χ3n) is 4.67. The molecule has 0 aromatic carbocycles. The van der Waals surface area contributed by atoms with Crippen LogP contribution in [0.3, 0.4) is 0 Å². The molecule has 0 unspecified atom stereocenters. The molecule has 1 aliphatic carbocycles. The largest absolute Gasteiger partial charge is 0.357 e. The van der Waals surface area contributed by atoms with Gasteiger partial charge in [-0.3, -0.25) is 4.99 Å². The summed E-state index contributed by atoms with van der Waals surface area (Å²) in [4.78, 5) is 12.8. The van der Waals surface area contributed by atoms with Crippen LogP contribution in [0, 0.1) is 0 Å². The molecule has 0 aliphatic heterocycles. The zero-order chi connectivity index (χ0) is 19.9. The van der Waals surface area contributed by atoms with Crippen molar-refractivity contribution < 1.29 is 8.42 Å². The van der Waals surface area contributed by atoms with E-state index in [4.69, 9.17) is 4.98 Å². The van der Waals surface area contributed by atoms with Crippen LogP contribution in [0.15, 0.2) is 4.99 Å². The Labute approximate surface area is 191 Å². The molecule has 28 heavy (non-hydrogen) atoms. The molecular weight excluding hydrogens is 509 g/mol. The Kier molecular flexibility index (Phi) is 11.2. The maximum atomic E-state index is 12.3. The Morgan fingerprint density at radius 1 is 1.21 bits per heavy atom. The van der Waals surface area contributed by atoms with E-state index in [1.807, 2.05) is 32.7 Å². The van der Waals surface area contributed by atoms with E-state index in [2.05, 4.69) is 10.3 Å². The number of rotatable bonds is 9. The van der Waals surface area contributed by atoms with Gasteiger partial charge in [0.2, 0.25) is 10.0 Å². The summed E-state index contributed by atoms with van der Waals surface area (Å²) in [5.41, 5.74) is 1.27. The van der Waals surface area contributed by atoms with E-state index in [-0.39, 0.29) is 36.3 Å². The maximum absolute atomic E-state index is 12.3. The number of halogens is 1. The lowest BCUT2D eigenvalue weighted by Gasteiger charge is -2.21. The van der Waals surface area contributed by atoms with Gasteiger partial charge in [-0.25, -0.2) is 17.7 Å². The number of fused-ring (bicyclic) bond motifs is 1. The molecule has 7 nitrogen and oxygen atoms in total. The summed E-state index contributed by atoms with van der Waals surface area (Å²) >= 11 is 1.80. The van der Waals surface area contributed by atoms with Crippen LogP contribution in [0.4, 0.5) is 0 Å². The van der Waals surface area contributed by atoms with E-state index in [1.165, 1.54) is 27.7 Å². The molecule has 1 aromatic rings. The fourth-order valence-corrected chi connectivity index (χ4v) is 5.81. The molecule has 0 fully saturated rings. The second-order valence-electron chi connectivity index (χ2n) is 6.68. The van der Waals surface area contributed by atoms with Crippen LogP contribution in [0.2, 0.25) is 0 Å². The van der Waals surface area contributed by atoms with Crippen molar-refractivity contribution >= 4 is 51.3 Å². The Hall–Kier alpha value is -0.460. The first-order valence-electron chi connectivity index (χ1n) is 9.85. The van der Waals surface area contributed by atoms with Gasteiger partial charge in [-0.15, -0.1) is 35.3 Å². The van der Waals surface area contributed by atoms with Crippen molar-refractivity contribution in [3.8, 4) is 0 Å². The predicted octanol–water partition coefficient (Wildman–Crippen LogP) is 2.71. The third-order valence-corrected chi connectivity index (χ3v) is 7.81. The van der Waals surface area contributed by atoms with E-state index in [0.29, 0.717) is 19.6 Å². The Balaban J connectivity index is 0.00000392. The molecule has 1 aromatic heterocycles. The van der Waals surface area contributed by atoms with Gasteiger partial charge in [-0.05, 0) is 32.6 Å². The average Bonchev–Trinajstić information content (AvgIpc) is 3.03. The molecule has 2 rings (SSSR count). The summed E-state index contributed by atoms with van der Waals surface area (Å²) in [5.74, 6) is 0.753. The smallest absolute Gasteiger partial charge is 0.215 e. The summed E-state index contributed by atoms with van der Waals surface area (Å²) in [7, 11) is -1.28. The molecule has 10 heteroatoms. The minimum atomic E-state index is -3.25. The zero-order valence-electron chi connectivity index (χ0n) is 17.4. The topological polar surface area (TPSA) is 77.9 Å². The first kappa shape index (κ1) is 25.6. The molecule has 1 aliphatic rings. The van der Waals surface area contributed by atoms with Crippen LogP contribution in [0.25, 0.3) is 0 Å². The number of nitrogens with one attached hydrogen (secondary N) is 1. The first-order valence-corrected chi connectivity index (χ1v) is 12.3. The van der Waals surface area contributed by atoms with Gasteiger partial charge in [-0.1, -0.05) is 13.8 Å². The van der Waals surface area contributed by atoms with E-state index >= 15 is 0 Å². The number of hydrogen-bond acceptors (Lipinski definition) is 5. The van der Waals surface area contributed by atoms with Gasteiger partial charge in [0.15, 0.2) is 5.96 Å². The van der Waals surface area contributed by atoms with Crippen LogP contribution in [-0.2, 0) is 29.4 Å². The summed E-state index contributed by atoms with van der Waals surface area (Å²) < 4.78 is 26.1. The molecule has 162 valence electrons. The quantitative estimate of drug-likeness (QED) is 0.295. The highest BCUT2D eigenvalue weighted by Crippen LogP contribution is 2.27. The highest BCUT2D eigenvalue weighted by atomic mass is 127. The normalized spacial score (nSPS) is 14.5. The summed E-state index contributed by atoms with van der Waals surface area (Å²) in [6, 6.07) is 0. The van der Waals surface area contributed by atoms with Gasteiger partial charge in [0.05, 0.1) is 24.5 Å². The summed E-state index contributed by atoms with van der Waals surface area (Å²) in [6.45, 7) is 8.39. The number of sulfonamides is 1. The number of hydrogen-bond donors (Lipinski definition) is 1. The second-order valence-corrected chi connectivity index (χ2v) is 9.93. The van der Waals surface area contributed by atoms with Gasteiger partial charge >= 0.3 is 0 Å². The third kappa shape index (κ3) is 7.10. The Morgan fingerprint density at radius 3 is 2.50 bits per heavy atom. The van der Waals surface area contributed by atoms with Crippen molar-refractivity contribution in [2.45, 2.75) is 53.0 Å². The molecule has 0 spiro atoms. The predicted molar refractivity (Wildman–Crippen MR) is 128 cm³/mol. The Morgan fingerprint density at radius 2 is 1.89 bits per heavy atom. The number of aryl methyl sites for hydroxylation is 2. The Bertz CT molecular complexity index is 709. The van der Waals surface area contributed by atoms with Gasteiger partial charge in [-0.2, -0.15) is 0 Å². The molecule has 0 saturated heterocycles. The average molecular weight is 544 g/mol. The van der Waals surface area contributed by atoms with E-state index in [0.717, 1.165) is 30.4 Å². The fraction of sp³-hybridized carbons (Fsp3) is 0.778. The van der Waals surface area contributed by atoms with Gasteiger partial charge in [0.25, 0.3) is 0 Å². The fourth-order valence-electron chi connectivity index (χ4n) is 3.23. The number of guanidine groups is 1. The minimum Gasteiger partial charge on any atom is -0.357 e. The first-order chi connectivity index (χ1) is 12.9. The number of nitrogens with zero attached hydrogens (tertiary/aromatic N) is 4. The van der Waals surface area contributed by atoms with Crippen molar-refractivity contribution in [3.63, 3.8) is 0 Å². The second kappa shape index (κ2) is 12.3. The minimum absolute atomic E-state index is 0. The molecule has 1 heterocycles. The van der Waals surface area contributed by atoms with E-state index < -0.39 is 10.0 Å². The number of aromatic nitrogens is 1. The van der Waals surface area contributed by atoms with Crippen LogP contribution in [0.1, 0.15) is 49.2 Å². The monoisotopic (exact) mass is 543 g/mol. The van der Waals surface area contributed by atoms with Crippen LogP contribution in [0.5, 0.6) is 0 Å². The molecule has 0 atom stereocenters. The van der Waals surface area contributed by atoms with Crippen LogP contribution >= 0.6 is 35.3 Å². The standard InChI is InChI=1S/C18H33N5O2S2.HI/c1-5-19-18(20-12-13-27(24,25)23(6-2)7-3)22(4)14-17-21-15-10-8-9-11-16(15)26-17;/h5-14H2,1-4H3,(H,19,20);1H. The lowest BCUT2D eigenvalue weighted by atomic mass is 10.0. The molecule has 0 bridgehead atoms. The summed E-state index contributed by atoms with van der Waals surface area (Å²) in [5, 5.41) is 4.35. The van der Waals surface area contributed by atoms with Gasteiger partial charge in [0.1, 0.15) is 5.01 Å².